The molecule has 8 N–H and O–H groups in total. The van der Waals surface area contributed by atoms with Crippen LogP contribution in [0.1, 0.15) is 19.3 Å². The van der Waals surface area contributed by atoms with Crippen LogP contribution in [0.3, 0.4) is 0 Å². The van der Waals surface area contributed by atoms with Crippen LogP contribution in [0, 0.1) is 0 Å². The molecule has 0 unspecified atom stereocenters. The summed E-state index contributed by atoms with van der Waals surface area (Å²) < 4.78 is 0. The Morgan fingerprint density at radius 1 is 1.32 bits per heavy atom. The van der Waals surface area contributed by atoms with Crippen LogP contribution >= 0.6 is 0 Å². The van der Waals surface area contributed by atoms with Gasteiger partial charge in [-0.25, -0.2) is 0 Å². The smallest absolute Gasteiger partial charge is 0.320 e. The number of carbonyl (C=O) groups excluding carboxylic acids is 1. The van der Waals surface area contributed by atoms with Crippen LogP contribution in [0.4, 0.5) is 0 Å². The second-order valence-electron chi connectivity index (χ2n) is 4.14. The summed E-state index contributed by atoms with van der Waals surface area (Å²) in [6.07, 6.45) is -0.0286. The highest BCUT2D eigenvalue weighted by atomic mass is 16.4. The zero-order valence-corrected chi connectivity index (χ0v) is 10.3. The Balaban J connectivity index is 0.000000342. The van der Waals surface area contributed by atoms with Crippen LogP contribution in [-0.4, -0.2) is 57.9 Å². The van der Waals surface area contributed by atoms with Gasteiger partial charge < -0.3 is 32.1 Å². The van der Waals surface area contributed by atoms with Crippen LogP contribution in [0.2, 0.25) is 0 Å². The maximum absolute atomic E-state index is 10.2. The Bertz CT molecular complexity index is 335. The predicted molar refractivity (Wildman–Crippen MR) is 64.1 cm³/mol. The van der Waals surface area contributed by atoms with Gasteiger partial charge in [0.25, 0.3) is 0 Å². The molecule has 0 aromatic carbocycles. The van der Waals surface area contributed by atoms with Gasteiger partial charge in [-0.05, 0) is 6.42 Å². The van der Waals surface area contributed by atoms with Gasteiger partial charge >= 0.3 is 11.9 Å². The van der Waals surface area contributed by atoms with Gasteiger partial charge in [0.15, 0.2) is 0 Å². The Morgan fingerprint density at radius 3 is 2.16 bits per heavy atom. The summed E-state index contributed by atoms with van der Waals surface area (Å²) in [6.45, 7) is 0.400. The van der Waals surface area contributed by atoms with Crippen molar-refractivity contribution >= 4 is 17.8 Å². The molecule has 1 aliphatic rings. The molecule has 19 heavy (non-hydrogen) atoms. The van der Waals surface area contributed by atoms with Crippen molar-refractivity contribution in [1.82, 2.24) is 5.32 Å². The summed E-state index contributed by atoms with van der Waals surface area (Å²) >= 11 is 0. The molecular weight excluding hydrogens is 258 g/mol. The monoisotopic (exact) mass is 277 g/mol. The van der Waals surface area contributed by atoms with E-state index in [4.69, 9.17) is 26.8 Å². The first kappa shape index (κ1) is 17.3. The van der Waals surface area contributed by atoms with Crippen molar-refractivity contribution in [3.05, 3.63) is 0 Å². The Morgan fingerprint density at radius 2 is 1.89 bits per heavy atom. The number of carboxylic acid groups (broad SMARTS) is 2. The lowest BCUT2D eigenvalue weighted by Crippen LogP contribution is -2.31. The van der Waals surface area contributed by atoms with Gasteiger partial charge in [-0.2, -0.15) is 0 Å². The Hall–Kier alpha value is -1.71. The van der Waals surface area contributed by atoms with E-state index >= 15 is 0 Å². The van der Waals surface area contributed by atoms with Crippen molar-refractivity contribution in [2.24, 2.45) is 11.5 Å². The topological polar surface area (TPSA) is 176 Å². The lowest BCUT2D eigenvalue weighted by atomic mass is 10.2. The van der Waals surface area contributed by atoms with Crippen molar-refractivity contribution in [2.75, 3.05) is 6.54 Å². The molecule has 0 aromatic rings. The molecule has 0 aromatic heterocycles. The van der Waals surface area contributed by atoms with Crippen molar-refractivity contribution in [3.63, 3.8) is 0 Å². The normalized spacial score (nSPS) is 23.1. The number of hydrogen-bond acceptors (Lipinski definition) is 6. The minimum atomic E-state index is -1.11. The lowest BCUT2D eigenvalue weighted by Gasteiger charge is -2.01. The van der Waals surface area contributed by atoms with Gasteiger partial charge in [-0.1, -0.05) is 0 Å². The highest BCUT2D eigenvalue weighted by Gasteiger charge is 2.27. The number of rotatable bonds is 5. The van der Waals surface area contributed by atoms with Crippen LogP contribution in [0.25, 0.3) is 0 Å². The number of nitrogens with two attached hydrogens (primary N) is 2. The molecule has 110 valence electrons. The molecule has 1 fully saturated rings. The molecule has 0 aliphatic carbocycles. The van der Waals surface area contributed by atoms with Crippen LogP contribution in [0.15, 0.2) is 0 Å². The number of aliphatic hydroxyl groups is 1. The van der Waals surface area contributed by atoms with Gasteiger partial charge in [-0.3, -0.25) is 14.4 Å². The summed E-state index contributed by atoms with van der Waals surface area (Å²) in [5, 5.41) is 28.1. The number of hydrogen-bond donors (Lipinski definition) is 6. The number of aliphatic hydroxyl groups excluding tert-OH is 1. The van der Waals surface area contributed by atoms with Crippen molar-refractivity contribution < 1.29 is 29.7 Å². The largest absolute Gasteiger partial charge is 0.480 e. The number of nitrogens with one attached hydrogen (secondary N) is 1. The molecule has 1 aliphatic heterocycles. The maximum Gasteiger partial charge on any atom is 0.320 e. The zero-order valence-electron chi connectivity index (χ0n) is 10.3. The van der Waals surface area contributed by atoms with E-state index in [0.717, 1.165) is 0 Å². The molecule has 0 saturated carbocycles. The second kappa shape index (κ2) is 8.40. The third-order valence-corrected chi connectivity index (χ3v) is 2.42. The SMILES string of the molecule is NC(=O)CC[C@@H](N)C(=O)O.O=C(O)[C@@H]1C[C@@H](O)CN1. The molecule has 1 saturated heterocycles. The van der Waals surface area contributed by atoms with Gasteiger partial charge in [0.05, 0.1) is 6.10 Å². The highest BCUT2D eigenvalue weighted by molar-refractivity contribution is 5.77. The van der Waals surface area contributed by atoms with E-state index in [9.17, 15) is 14.4 Å². The molecule has 1 rings (SSSR count). The number of carbonyl (C=O) groups is 3. The minimum Gasteiger partial charge on any atom is -0.480 e. The summed E-state index contributed by atoms with van der Waals surface area (Å²) in [5.74, 6) is -2.52. The molecule has 0 radical (unpaired) electrons. The highest BCUT2D eigenvalue weighted by Crippen LogP contribution is 2.05. The molecule has 3 atom stereocenters. The van der Waals surface area contributed by atoms with Gasteiger partial charge in [0.1, 0.15) is 12.1 Å². The standard InChI is InChI=1S/C5H10N2O3.C5H9NO3/c6-3(5(9)10)1-2-4(7)8;7-3-1-4(5(8)9)6-2-3/h3H,1-2,6H2,(H2,7,8)(H,9,10);3-4,6-7H,1-2H2,(H,8,9)/t3-;3-,4+/m11/s1. The average Bonchev–Trinajstić information content (AvgIpc) is 2.73. The zero-order chi connectivity index (χ0) is 15.0. The first-order chi connectivity index (χ1) is 8.73. The first-order valence-corrected chi connectivity index (χ1v) is 5.65. The van der Waals surface area contributed by atoms with E-state index in [1.807, 2.05) is 0 Å². The van der Waals surface area contributed by atoms with Gasteiger partial charge in [0.2, 0.25) is 5.91 Å². The molecule has 0 bridgehead atoms. The molecule has 0 spiro atoms. The van der Waals surface area contributed by atoms with Crippen LogP contribution in [0.5, 0.6) is 0 Å². The van der Waals surface area contributed by atoms with Gasteiger partial charge in [0, 0.05) is 19.4 Å². The van der Waals surface area contributed by atoms with E-state index in [1.165, 1.54) is 0 Å². The van der Waals surface area contributed by atoms with Crippen LogP contribution < -0.4 is 16.8 Å². The average molecular weight is 277 g/mol. The molecule has 1 heterocycles. The van der Waals surface area contributed by atoms with E-state index < -0.39 is 36.0 Å². The van der Waals surface area contributed by atoms with E-state index in [0.29, 0.717) is 13.0 Å². The first-order valence-electron chi connectivity index (χ1n) is 5.65. The molecular formula is C10H19N3O6. The van der Waals surface area contributed by atoms with Crippen molar-refractivity contribution in [3.8, 4) is 0 Å². The van der Waals surface area contributed by atoms with E-state index in [1.54, 1.807) is 0 Å². The number of amides is 1. The summed E-state index contributed by atoms with van der Waals surface area (Å²) in [6, 6.07) is -1.52. The summed E-state index contributed by atoms with van der Waals surface area (Å²) in [7, 11) is 0. The number of aliphatic carboxylic acids is 2. The fraction of sp³-hybridized carbons (Fsp3) is 0.700. The summed E-state index contributed by atoms with van der Waals surface area (Å²) in [5.41, 5.74) is 9.81. The molecule has 9 nitrogen and oxygen atoms in total. The number of primary amides is 1. The Kier molecular flexibility index (Phi) is 7.65. The van der Waals surface area contributed by atoms with Gasteiger partial charge in [-0.15, -0.1) is 0 Å². The van der Waals surface area contributed by atoms with Crippen molar-refractivity contribution in [2.45, 2.75) is 37.5 Å². The van der Waals surface area contributed by atoms with E-state index in [2.05, 4.69) is 5.32 Å². The summed E-state index contributed by atoms with van der Waals surface area (Å²) in [4.78, 5) is 30.3. The number of β-amino-alcohol motifs (C(OH)–C–C–N with tert-alkyl or cyclic N) is 1. The van der Waals surface area contributed by atoms with E-state index in [-0.39, 0.29) is 12.8 Å². The number of carboxylic acids is 2. The maximum atomic E-state index is 10.2. The lowest BCUT2D eigenvalue weighted by molar-refractivity contribution is -0.140. The third-order valence-electron chi connectivity index (χ3n) is 2.42. The fourth-order valence-electron chi connectivity index (χ4n) is 1.33. The van der Waals surface area contributed by atoms with Crippen molar-refractivity contribution in [1.29, 1.82) is 0 Å². The Labute approximate surface area is 109 Å². The third kappa shape index (κ3) is 8.08. The quantitative estimate of drug-likeness (QED) is 0.318. The molecule has 9 heteroatoms. The second-order valence-corrected chi connectivity index (χ2v) is 4.14. The minimum absolute atomic E-state index is 0.0213. The van der Waals surface area contributed by atoms with Crippen LogP contribution in [-0.2, 0) is 14.4 Å². The molecule has 1 amide bonds. The fourth-order valence-corrected chi connectivity index (χ4v) is 1.33. The predicted octanol–water partition coefficient (Wildman–Crippen LogP) is -2.54.